The highest BCUT2D eigenvalue weighted by Crippen LogP contribution is 2.40. The molecule has 2 aromatic heterocycles. The highest BCUT2D eigenvalue weighted by atomic mass is 32.2. The number of allylic oxidation sites excluding steroid dienone is 1. The highest BCUT2D eigenvalue weighted by molar-refractivity contribution is 7.98. The van der Waals surface area contributed by atoms with Crippen LogP contribution >= 0.6 is 11.8 Å². The number of aryl methyl sites for hydroxylation is 2. The number of rotatable bonds is 6. The first-order valence-electron chi connectivity index (χ1n) is 9.95. The summed E-state index contributed by atoms with van der Waals surface area (Å²) in [4.78, 5) is 18.7. The van der Waals surface area contributed by atoms with E-state index in [1.54, 1.807) is 28.9 Å². The zero-order valence-corrected chi connectivity index (χ0v) is 18.2. The molecule has 1 atom stereocenters. The molecule has 3 aromatic rings. The second kappa shape index (κ2) is 8.74. The largest absolute Gasteiger partial charge is 0.440 e. The lowest BCUT2D eigenvalue weighted by molar-refractivity contribution is 0.387. The van der Waals surface area contributed by atoms with Gasteiger partial charge in [0.15, 0.2) is 0 Å². The molecule has 1 aromatic carbocycles. The predicted molar refractivity (Wildman–Crippen MR) is 120 cm³/mol. The van der Waals surface area contributed by atoms with Crippen molar-refractivity contribution in [3.63, 3.8) is 0 Å². The first-order valence-corrected chi connectivity index (χ1v) is 11.2. The Morgan fingerprint density at radius 1 is 1.29 bits per heavy atom. The van der Waals surface area contributed by atoms with E-state index >= 15 is 0 Å². The summed E-state index contributed by atoms with van der Waals surface area (Å²) in [5, 5.41) is 9.79. The van der Waals surface area contributed by atoms with Crippen LogP contribution in [0, 0.1) is 18.3 Å². The maximum absolute atomic E-state index is 13.6. The molecule has 0 unspecified atom stereocenters. The lowest BCUT2D eigenvalue weighted by Gasteiger charge is -2.27. The molecule has 0 amide bonds. The lowest BCUT2D eigenvalue weighted by atomic mass is 9.84. The van der Waals surface area contributed by atoms with Crippen LogP contribution in [0.2, 0.25) is 0 Å². The lowest BCUT2D eigenvalue weighted by Crippen LogP contribution is -2.33. The number of hydrogen-bond donors (Lipinski definition) is 1. The van der Waals surface area contributed by atoms with Gasteiger partial charge in [0.25, 0.3) is 5.56 Å². The Labute approximate surface area is 184 Å². The molecular formula is C23H23N5O2S. The van der Waals surface area contributed by atoms with E-state index in [2.05, 4.69) is 11.1 Å². The van der Waals surface area contributed by atoms with Crippen molar-refractivity contribution in [3.8, 4) is 11.8 Å². The summed E-state index contributed by atoms with van der Waals surface area (Å²) in [6.07, 6.45) is 8.17. The van der Waals surface area contributed by atoms with E-state index < -0.39 is 5.92 Å². The third-order valence-electron chi connectivity index (χ3n) is 5.50. The van der Waals surface area contributed by atoms with E-state index in [0.717, 1.165) is 29.1 Å². The molecule has 31 heavy (non-hydrogen) atoms. The number of benzene rings is 1. The molecule has 0 radical (unpaired) electrons. The molecule has 1 aliphatic rings. The van der Waals surface area contributed by atoms with Gasteiger partial charge in [-0.3, -0.25) is 4.79 Å². The van der Waals surface area contributed by atoms with Crippen LogP contribution in [-0.2, 0) is 13.1 Å². The van der Waals surface area contributed by atoms with Crippen LogP contribution in [0.5, 0.6) is 5.75 Å². The minimum atomic E-state index is -0.558. The summed E-state index contributed by atoms with van der Waals surface area (Å²) in [5.41, 5.74) is 8.27. The Morgan fingerprint density at radius 2 is 2.06 bits per heavy atom. The van der Waals surface area contributed by atoms with Crippen molar-refractivity contribution in [1.29, 1.82) is 5.26 Å². The Kier molecular flexibility index (Phi) is 5.87. The van der Waals surface area contributed by atoms with Crippen molar-refractivity contribution in [2.75, 3.05) is 6.26 Å². The SMILES string of the molecule is CSc1ccc([C@H]2C(C#N)=C(N)Oc3cc(C)n(CCCn4ccnc4)c(=O)c32)cc1. The minimum absolute atomic E-state index is 0.0469. The first kappa shape index (κ1) is 20.8. The fraction of sp³-hybridized carbons (Fsp3) is 0.261. The summed E-state index contributed by atoms with van der Waals surface area (Å²) in [7, 11) is 0. The van der Waals surface area contributed by atoms with Crippen LogP contribution in [-0.4, -0.2) is 20.4 Å². The van der Waals surface area contributed by atoms with E-state index in [1.165, 1.54) is 0 Å². The summed E-state index contributed by atoms with van der Waals surface area (Å²) in [6.45, 7) is 3.19. The molecule has 1 aliphatic heterocycles. The van der Waals surface area contributed by atoms with Gasteiger partial charge in [-0.05, 0) is 37.3 Å². The van der Waals surface area contributed by atoms with E-state index in [-0.39, 0.29) is 17.0 Å². The molecule has 0 bridgehead atoms. The minimum Gasteiger partial charge on any atom is -0.440 e. The smallest absolute Gasteiger partial charge is 0.258 e. The van der Waals surface area contributed by atoms with E-state index in [4.69, 9.17) is 10.5 Å². The molecular weight excluding hydrogens is 410 g/mol. The summed E-state index contributed by atoms with van der Waals surface area (Å²) in [6, 6.07) is 11.8. The molecule has 3 heterocycles. The zero-order chi connectivity index (χ0) is 22.0. The molecule has 158 valence electrons. The topological polar surface area (TPSA) is 98.9 Å². The highest BCUT2D eigenvalue weighted by Gasteiger charge is 2.34. The predicted octanol–water partition coefficient (Wildman–Crippen LogP) is 3.38. The number of hydrogen-bond acceptors (Lipinski definition) is 6. The Morgan fingerprint density at radius 3 is 2.71 bits per heavy atom. The average molecular weight is 434 g/mol. The zero-order valence-electron chi connectivity index (χ0n) is 17.4. The molecule has 2 N–H and O–H groups in total. The Hall–Kier alpha value is -3.44. The van der Waals surface area contributed by atoms with Crippen molar-refractivity contribution in [3.05, 3.63) is 87.7 Å². The van der Waals surface area contributed by atoms with E-state index in [9.17, 15) is 10.1 Å². The van der Waals surface area contributed by atoms with Gasteiger partial charge in [-0.15, -0.1) is 11.8 Å². The number of aromatic nitrogens is 3. The van der Waals surface area contributed by atoms with Crippen molar-refractivity contribution < 1.29 is 4.74 Å². The number of ether oxygens (including phenoxy) is 1. The fourth-order valence-corrected chi connectivity index (χ4v) is 4.33. The average Bonchev–Trinajstić information content (AvgIpc) is 3.29. The number of pyridine rings is 1. The molecule has 8 heteroatoms. The number of nitrogens with zero attached hydrogens (tertiary/aromatic N) is 4. The van der Waals surface area contributed by atoms with E-state index in [1.807, 2.05) is 54.3 Å². The fourth-order valence-electron chi connectivity index (χ4n) is 3.92. The normalized spacial score (nSPS) is 15.3. The van der Waals surface area contributed by atoms with Gasteiger partial charge in [-0.1, -0.05) is 12.1 Å². The summed E-state index contributed by atoms with van der Waals surface area (Å²) in [5.74, 6) is -0.0907. The Bertz CT molecular complexity index is 1220. The van der Waals surface area contributed by atoms with Crippen LogP contribution < -0.4 is 16.0 Å². The molecule has 0 spiro atoms. The molecule has 0 aliphatic carbocycles. The van der Waals surface area contributed by atoms with Gasteiger partial charge in [0, 0.05) is 42.1 Å². The van der Waals surface area contributed by atoms with Crippen molar-refractivity contribution in [2.45, 2.75) is 37.2 Å². The van der Waals surface area contributed by atoms with Crippen LogP contribution in [0.1, 0.15) is 29.2 Å². The van der Waals surface area contributed by atoms with Crippen molar-refractivity contribution >= 4 is 11.8 Å². The van der Waals surface area contributed by atoms with Gasteiger partial charge in [0.1, 0.15) is 17.4 Å². The standard InChI is InChI=1S/C23H23N5O2S/c1-15-12-19-21(23(29)28(15)10-3-9-27-11-8-26-14-27)20(18(13-24)22(25)30-19)16-4-6-17(31-2)7-5-16/h4-8,11-12,14,20H,3,9-10,25H2,1-2H3/t20-/m0/s1. The Balaban J connectivity index is 1.76. The molecule has 4 rings (SSSR count). The summed E-state index contributed by atoms with van der Waals surface area (Å²) >= 11 is 1.63. The van der Waals surface area contributed by atoms with Gasteiger partial charge >= 0.3 is 0 Å². The first-order chi connectivity index (χ1) is 15.0. The quantitative estimate of drug-likeness (QED) is 0.599. The van der Waals surface area contributed by atoms with E-state index in [0.29, 0.717) is 17.9 Å². The van der Waals surface area contributed by atoms with Crippen LogP contribution in [0.4, 0.5) is 0 Å². The third-order valence-corrected chi connectivity index (χ3v) is 6.24. The molecule has 0 saturated carbocycles. The maximum Gasteiger partial charge on any atom is 0.258 e. The third kappa shape index (κ3) is 3.97. The monoisotopic (exact) mass is 433 g/mol. The van der Waals surface area contributed by atoms with Crippen molar-refractivity contribution in [2.24, 2.45) is 5.73 Å². The summed E-state index contributed by atoms with van der Waals surface area (Å²) < 4.78 is 9.45. The number of nitriles is 1. The second-order valence-corrected chi connectivity index (χ2v) is 8.25. The number of thioether (sulfide) groups is 1. The molecule has 0 saturated heterocycles. The van der Waals surface area contributed by atoms with Gasteiger partial charge in [-0.25, -0.2) is 4.98 Å². The number of nitrogens with two attached hydrogens (primary N) is 1. The second-order valence-electron chi connectivity index (χ2n) is 7.37. The van der Waals surface area contributed by atoms with Gasteiger partial charge < -0.3 is 19.6 Å². The van der Waals surface area contributed by atoms with Crippen LogP contribution in [0.3, 0.4) is 0 Å². The molecule has 0 fully saturated rings. The number of imidazole rings is 1. The van der Waals surface area contributed by atoms with Crippen LogP contribution in [0.15, 0.2) is 70.2 Å². The van der Waals surface area contributed by atoms with Gasteiger partial charge in [0.05, 0.1) is 17.8 Å². The maximum atomic E-state index is 13.6. The number of fused-ring (bicyclic) bond motifs is 1. The van der Waals surface area contributed by atoms with Crippen molar-refractivity contribution in [1.82, 2.24) is 14.1 Å². The van der Waals surface area contributed by atoms with Crippen LogP contribution in [0.25, 0.3) is 0 Å². The van der Waals surface area contributed by atoms with Gasteiger partial charge in [0.2, 0.25) is 5.88 Å². The van der Waals surface area contributed by atoms with Gasteiger partial charge in [-0.2, -0.15) is 5.26 Å². The molecule has 7 nitrogen and oxygen atoms in total.